The van der Waals surface area contributed by atoms with Gasteiger partial charge in [0.1, 0.15) is 0 Å². The van der Waals surface area contributed by atoms with Gasteiger partial charge in [0.05, 0.1) is 18.1 Å². The molecule has 5 nitrogen and oxygen atoms in total. The molecular formula is C19H33NO4. The molecule has 1 aliphatic heterocycles. The van der Waals surface area contributed by atoms with E-state index in [1.807, 2.05) is 13.8 Å². The molecule has 138 valence electrons. The maximum Gasteiger partial charge on any atom is 0.309 e. The standard InChI is InChI=1S/C19H33NO4/c1-13-10-20(11-14(2)24-13)17(21)12-23-18(22)15-6-8-16(9-7-15)19(3,4)5/h13-16H,6-12H2,1-5H3/t13-,14-,15?,16?/m0/s1. The van der Waals surface area contributed by atoms with Gasteiger partial charge in [0.25, 0.3) is 5.91 Å². The Morgan fingerprint density at radius 3 is 2.08 bits per heavy atom. The van der Waals surface area contributed by atoms with E-state index in [0.717, 1.165) is 25.7 Å². The van der Waals surface area contributed by atoms with Gasteiger partial charge in [-0.05, 0) is 50.9 Å². The Labute approximate surface area is 146 Å². The molecule has 1 saturated heterocycles. The molecule has 0 aromatic heterocycles. The van der Waals surface area contributed by atoms with Crippen LogP contribution in [-0.2, 0) is 19.1 Å². The van der Waals surface area contributed by atoms with Crippen molar-refractivity contribution in [3.8, 4) is 0 Å². The number of morpholine rings is 1. The summed E-state index contributed by atoms with van der Waals surface area (Å²) in [5.74, 6) is 0.303. The van der Waals surface area contributed by atoms with Crippen molar-refractivity contribution in [2.45, 2.75) is 72.5 Å². The van der Waals surface area contributed by atoms with Gasteiger partial charge in [0, 0.05) is 13.1 Å². The molecule has 1 saturated carbocycles. The molecule has 5 heteroatoms. The minimum absolute atomic E-state index is 0.0288. The molecule has 0 unspecified atom stereocenters. The van der Waals surface area contributed by atoms with Crippen LogP contribution in [0, 0.1) is 17.3 Å². The van der Waals surface area contributed by atoms with Gasteiger partial charge < -0.3 is 14.4 Å². The summed E-state index contributed by atoms with van der Waals surface area (Å²) in [4.78, 5) is 26.2. The van der Waals surface area contributed by atoms with E-state index in [9.17, 15) is 9.59 Å². The van der Waals surface area contributed by atoms with E-state index in [1.54, 1.807) is 4.90 Å². The summed E-state index contributed by atoms with van der Waals surface area (Å²) >= 11 is 0. The highest BCUT2D eigenvalue weighted by molar-refractivity contribution is 5.81. The molecule has 0 spiro atoms. The lowest BCUT2D eigenvalue weighted by Gasteiger charge is -2.36. The molecule has 0 radical (unpaired) electrons. The smallest absolute Gasteiger partial charge is 0.309 e. The maximum atomic E-state index is 12.3. The van der Waals surface area contributed by atoms with Gasteiger partial charge in [0.15, 0.2) is 6.61 Å². The Kier molecular flexibility index (Phi) is 6.29. The van der Waals surface area contributed by atoms with Gasteiger partial charge in [-0.3, -0.25) is 9.59 Å². The molecule has 0 aromatic rings. The second-order valence-electron chi connectivity index (χ2n) is 8.58. The predicted octanol–water partition coefficient (Wildman–Crippen LogP) is 3.02. The number of amides is 1. The average molecular weight is 339 g/mol. The lowest BCUT2D eigenvalue weighted by atomic mass is 9.70. The summed E-state index contributed by atoms with van der Waals surface area (Å²) in [5, 5.41) is 0. The number of ether oxygens (including phenoxy) is 2. The van der Waals surface area contributed by atoms with Gasteiger partial charge in [-0.2, -0.15) is 0 Å². The molecule has 1 amide bonds. The van der Waals surface area contributed by atoms with Crippen molar-refractivity contribution in [2.75, 3.05) is 19.7 Å². The highest BCUT2D eigenvalue weighted by Gasteiger charge is 2.33. The third kappa shape index (κ3) is 5.20. The summed E-state index contributed by atoms with van der Waals surface area (Å²) in [5.41, 5.74) is 0.300. The van der Waals surface area contributed by atoms with E-state index in [4.69, 9.17) is 9.47 Å². The fourth-order valence-electron chi connectivity index (χ4n) is 3.92. The first-order valence-corrected chi connectivity index (χ1v) is 9.26. The first-order valence-electron chi connectivity index (χ1n) is 9.26. The van der Waals surface area contributed by atoms with Crippen LogP contribution in [0.1, 0.15) is 60.3 Å². The molecule has 2 rings (SSSR count). The van der Waals surface area contributed by atoms with Crippen LogP contribution in [0.5, 0.6) is 0 Å². The van der Waals surface area contributed by atoms with Crippen LogP contribution in [0.2, 0.25) is 0 Å². The van der Waals surface area contributed by atoms with E-state index in [0.29, 0.717) is 24.4 Å². The first kappa shape index (κ1) is 19.2. The minimum Gasteiger partial charge on any atom is -0.455 e. The van der Waals surface area contributed by atoms with Crippen LogP contribution >= 0.6 is 0 Å². The van der Waals surface area contributed by atoms with Gasteiger partial charge in [-0.1, -0.05) is 20.8 Å². The number of carbonyl (C=O) groups is 2. The van der Waals surface area contributed by atoms with Crippen LogP contribution in [0.25, 0.3) is 0 Å². The number of carbonyl (C=O) groups excluding carboxylic acids is 2. The zero-order chi connectivity index (χ0) is 17.9. The summed E-state index contributed by atoms with van der Waals surface area (Å²) in [6, 6.07) is 0. The van der Waals surface area contributed by atoms with Gasteiger partial charge in [0.2, 0.25) is 0 Å². The molecule has 2 fully saturated rings. The predicted molar refractivity (Wildman–Crippen MR) is 92.5 cm³/mol. The molecule has 2 atom stereocenters. The molecule has 0 N–H and O–H groups in total. The molecule has 1 heterocycles. The summed E-state index contributed by atoms with van der Waals surface area (Å²) in [6.07, 6.45) is 3.94. The highest BCUT2D eigenvalue weighted by atomic mass is 16.5. The van der Waals surface area contributed by atoms with Crippen molar-refractivity contribution in [3.63, 3.8) is 0 Å². The van der Waals surface area contributed by atoms with Crippen LogP contribution in [-0.4, -0.2) is 48.7 Å². The second kappa shape index (κ2) is 7.85. The topological polar surface area (TPSA) is 55.8 Å². The Hall–Kier alpha value is -1.10. The average Bonchev–Trinajstić information content (AvgIpc) is 2.50. The highest BCUT2D eigenvalue weighted by Crippen LogP contribution is 2.40. The van der Waals surface area contributed by atoms with E-state index >= 15 is 0 Å². The Morgan fingerprint density at radius 1 is 1.04 bits per heavy atom. The van der Waals surface area contributed by atoms with Crippen molar-refractivity contribution in [1.29, 1.82) is 0 Å². The number of rotatable bonds is 3. The van der Waals surface area contributed by atoms with Crippen molar-refractivity contribution in [1.82, 2.24) is 4.90 Å². The lowest BCUT2D eigenvalue weighted by molar-refractivity contribution is -0.160. The maximum absolute atomic E-state index is 12.3. The fraction of sp³-hybridized carbons (Fsp3) is 0.895. The third-order valence-corrected chi connectivity index (χ3v) is 5.40. The van der Waals surface area contributed by atoms with E-state index in [1.165, 1.54) is 0 Å². The fourth-order valence-corrected chi connectivity index (χ4v) is 3.92. The van der Waals surface area contributed by atoms with Gasteiger partial charge in [-0.25, -0.2) is 0 Å². The zero-order valence-corrected chi connectivity index (χ0v) is 15.8. The monoisotopic (exact) mass is 339 g/mol. The van der Waals surface area contributed by atoms with Crippen LogP contribution in [0.3, 0.4) is 0 Å². The first-order chi connectivity index (χ1) is 11.2. The quantitative estimate of drug-likeness (QED) is 0.742. The van der Waals surface area contributed by atoms with Crippen molar-refractivity contribution < 1.29 is 19.1 Å². The number of hydrogen-bond acceptors (Lipinski definition) is 4. The van der Waals surface area contributed by atoms with Crippen LogP contribution < -0.4 is 0 Å². The Morgan fingerprint density at radius 2 is 1.58 bits per heavy atom. The molecule has 24 heavy (non-hydrogen) atoms. The van der Waals surface area contributed by atoms with E-state index in [2.05, 4.69) is 20.8 Å². The zero-order valence-electron chi connectivity index (χ0n) is 15.8. The SMILES string of the molecule is C[C@H]1CN(C(=O)COC(=O)C2CCC(C(C)(C)C)CC2)C[C@H](C)O1. The summed E-state index contributed by atoms with van der Waals surface area (Å²) < 4.78 is 10.9. The third-order valence-electron chi connectivity index (χ3n) is 5.40. The number of esters is 1. The summed E-state index contributed by atoms with van der Waals surface area (Å²) in [6.45, 7) is 11.7. The second-order valence-corrected chi connectivity index (χ2v) is 8.58. The van der Waals surface area contributed by atoms with E-state index in [-0.39, 0.29) is 36.6 Å². The van der Waals surface area contributed by atoms with Gasteiger partial charge >= 0.3 is 5.97 Å². The normalized spacial score (nSPS) is 31.6. The van der Waals surface area contributed by atoms with Crippen LogP contribution in [0.15, 0.2) is 0 Å². The number of hydrogen-bond donors (Lipinski definition) is 0. The molecule has 2 aliphatic rings. The van der Waals surface area contributed by atoms with Gasteiger partial charge in [-0.15, -0.1) is 0 Å². The largest absolute Gasteiger partial charge is 0.455 e. The molecule has 1 aliphatic carbocycles. The minimum atomic E-state index is -0.204. The van der Waals surface area contributed by atoms with E-state index < -0.39 is 0 Å². The lowest BCUT2D eigenvalue weighted by Crippen LogP contribution is -2.49. The molecule has 0 bridgehead atoms. The van der Waals surface area contributed by atoms with Crippen molar-refractivity contribution >= 4 is 11.9 Å². The summed E-state index contributed by atoms with van der Waals surface area (Å²) in [7, 11) is 0. The molecule has 0 aromatic carbocycles. The van der Waals surface area contributed by atoms with Crippen LogP contribution in [0.4, 0.5) is 0 Å². The van der Waals surface area contributed by atoms with Crippen molar-refractivity contribution in [2.24, 2.45) is 17.3 Å². The molecular weight excluding hydrogens is 306 g/mol. The Balaban J connectivity index is 1.74. The van der Waals surface area contributed by atoms with Crippen molar-refractivity contribution in [3.05, 3.63) is 0 Å². The Bertz CT molecular complexity index is 439. The number of nitrogens with zero attached hydrogens (tertiary/aromatic N) is 1.